The number of halogens is 2. The molecule has 0 saturated heterocycles. The summed E-state index contributed by atoms with van der Waals surface area (Å²) in [6.07, 6.45) is -0.326. The maximum Gasteiger partial charge on any atom is 0.155 e. The second kappa shape index (κ2) is 10.6. The Kier molecular flexibility index (Phi) is 8.17. The van der Waals surface area contributed by atoms with Crippen molar-refractivity contribution in [3.63, 3.8) is 0 Å². The Labute approximate surface area is 200 Å². The SMILES string of the molecule is COc1cc(C(O)c2ccccc2)c(Oc2c(Br)cc(CCO)cc2Br)cc1C(C)C. The van der Waals surface area contributed by atoms with Gasteiger partial charge in [0, 0.05) is 17.7 Å². The largest absolute Gasteiger partial charge is 0.496 e. The molecule has 4 nitrogen and oxygen atoms in total. The van der Waals surface area contributed by atoms with Gasteiger partial charge < -0.3 is 19.7 Å². The zero-order valence-electron chi connectivity index (χ0n) is 17.7. The summed E-state index contributed by atoms with van der Waals surface area (Å²) in [6, 6.07) is 17.1. The topological polar surface area (TPSA) is 58.9 Å². The third kappa shape index (κ3) is 5.50. The summed E-state index contributed by atoms with van der Waals surface area (Å²) in [5, 5.41) is 20.4. The lowest BCUT2D eigenvalue weighted by Gasteiger charge is -2.22. The summed E-state index contributed by atoms with van der Waals surface area (Å²) < 4.78 is 13.5. The lowest BCUT2D eigenvalue weighted by molar-refractivity contribution is 0.215. The van der Waals surface area contributed by atoms with Crippen molar-refractivity contribution in [2.75, 3.05) is 13.7 Å². The van der Waals surface area contributed by atoms with Crippen LogP contribution in [0.15, 0.2) is 63.5 Å². The lowest BCUT2D eigenvalue weighted by Crippen LogP contribution is -2.06. The van der Waals surface area contributed by atoms with Gasteiger partial charge >= 0.3 is 0 Å². The van der Waals surface area contributed by atoms with Crippen LogP contribution in [0.25, 0.3) is 0 Å². The van der Waals surface area contributed by atoms with Crippen LogP contribution in [-0.4, -0.2) is 23.9 Å². The summed E-state index contributed by atoms with van der Waals surface area (Å²) in [4.78, 5) is 0. The summed E-state index contributed by atoms with van der Waals surface area (Å²) >= 11 is 7.17. The van der Waals surface area contributed by atoms with Crippen molar-refractivity contribution < 1.29 is 19.7 Å². The molecule has 6 heteroatoms. The van der Waals surface area contributed by atoms with Crippen LogP contribution in [0.1, 0.15) is 48.1 Å². The van der Waals surface area contributed by atoms with Gasteiger partial charge in [-0.2, -0.15) is 0 Å². The standard InChI is InChI=1S/C25H26Br2O4/c1-15(2)18-13-23(31-25-20(26)11-16(9-10-28)12-21(25)27)19(14-22(18)30-3)24(29)17-7-5-4-6-8-17/h4-8,11-15,24,28-29H,9-10H2,1-3H3. The molecule has 31 heavy (non-hydrogen) atoms. The van der Waals surface area contributed by atoms with E-state index in [4.69, 9.17) is 9.47 Å². The van der Waals surface area contributed by atoms with E-state index in [0.29, 0.717) is 29.2 Å². The van der Waals surface area contributed by atoms with Gasteiger partial charge in [-0.1, -0.05) is 44.2 Å². The van der Waals surface area contributed by atoms with E-state index in [0.717, 1.165) is 25.6 Å². The van der Waals surface area contributed by atoms with Crippen LogP contribution in [0.4, 0.5) is 0 Å². The van der Waals surface area contributed by atoms with Crippen LogP contribution in [0.3, 0.4) is 0 Å². The Morgan fingerprint density at radius 1 is 0.903 bits per heavy atom. The molecule has 0 aliphatic rings. The second-order valence-electron chi connectivity index (χ2n) is 7.56. The Bertz CT molecular complexity index is 1010. The molecule has 0 fully saturated rings. The van der Waals surface area contributed by atoms with E-state index >= 15 is 0 Å². The minimum Gasteiger partial charge on any atom is -0.496 e. The number of benzene rings is 3. The minimum atomic E-state index is -0.877. The summed E-state index contributed by atoms with van der Waals surface area (Å²) in [6.45, 7) is 4.25. The first-order chi connectivity index (χ1) is 14.8. The van der Waals surface area contributed by atoms with Crippen molar-refractivity contribution in [1.29, 1.82) is 0 Å². The van der Waals surface area contributed by atoms with Crippen LogP contribution >= 0.6 is 31.9 Å². The molecule has 0 aliphatic carbocycles. The first-order valence-electron chi connectivity index (χ1n) is 10.1. The van der Waals surface area contributed by atoms with Crippen LogP contribution in [0.2, 0.25) is 0 Å². The van der Waals surface area contributed by atoms with E-state index in [1.165, 1.54) is 0 Å². The molecule has 164 valence electrons. The fourth-order valence-corrected chi connectivity index (χ4v) is 4.87. The van der Waals surface area contributed by atoms with E-state index in [9.17, 15) is 10.2 Å². The number of aliphatic hydroxyl groups excluding tert-OH is 2. The Morgan fingerprint density at radius 2 is 1.52 bits per heavy atom. The van der Waals surface area contributed by atoms with Gasteiger partial charge in [0.2, 0.25) is 0 Å². The number of rotatable bonds is 8. The molecule has 0 aliphatic heterocycles. The smallest absolute Gasteiger partial charge is 0.155 e. The first kappa shape index (κ1) is 23.8. The molecule has 1 unspecified atom stereocenters. The van der Waals surface area contributed by atoms with Gasteiger partial charge in [-0.05, 0) is 79.6 Å². The molecule has 0 spiro atoms. The molecular formula is C25H26Br2O4. The van der Waals surface area contributed by atoms with Crippen LogP contribution < -0.4 is 9.47 Å². The number of hydrogen-bond donors (Lipinski definition) is 2. The molecule has 0 bridgehead atoms. The molecule has 2 N–H and O–H groups in total. The highest BCUT2D eigenvalue weighted by Gasteiger charge is 2.22. The minimum absolute atomic E-state index is 0.0722. The Morgan fingerprint density at radius 3 is 2.06 bits per heavy atom. The molecule has 0 amide bonds. The molecule has 3 aromatic rings. The number of methoxy groups -OCH3 is 1. The normalized spacial score (nSPS) is 12.1. The number of hydrogen-bond acceptors (Lipinski definition) is 4. The molecule has 0 heterocycles. The van der Waals surface area contributed by atoms with E-state index in [2.05, 4.69) is 45.7 Å². The molecule has 3 aromatic carbocycles. The van der Waals surface area contributed by atoms with Gasteiger partial charge in [-0.25, -0.2) is 0 Å². The van der Waals surface area contributed by atoms with Crippen molar-refractivity contribution >= 4 is 31.9 Å². The number of aliphatic hydroxyl groups is 2. The second-order valence-corrected chi connectivity index (χ2v) is 9.27. The predicted molar refractivity (Wildman–Crippen MR) is 130 cm³/mol. The van der Waals surface area contributed by atoms with Crippen molar-refractivity contribution in [3.8, 4) is 17.2 Å². The highest BCUT2D eigenvalue weighted by Crippen LogP contribution is 2.44. The highest BCUT2D eigenvalue weighted by atomic mass is 79.9. The van der Waals surface area contributed by atoms with Gasteiger partial charge in [-0.3, -0.25) is 0 Å². The fraction of sp³-hybridized carbons (Fsp3) is 0.280. The fourth-order valence-electron chi connectivity index (χ4n) is 3.43. The van der Waals surface area contributed by atoms with Crippen molar-refractivity contribution in [2.24, 2.45) is 0 Å². The predicted octanol–water partition coefficient (Wildman–Crippen LogP) is 6.75. The summed E-state index contributed by atoms with van der Waals surface area (Å²) in [7, 11) is 1.63. The Hall–Kier alpha value is -1.86. The average molecular weight is 550 g/mol. The zero-order valence-corrected chi connectivity index (χ0v) is 20.9. The van der Waals surface area contributed by atoms with Crippen molar-refractivity contribution in [1.82, 2.24) is 0 Å². The molecule has 0 radical (unpaired) electrons. The van der Waals surface area contributed by atoms with Crippen LogP contribution in [0.5, 0.6) is 17.2 Å². The molecule has 0 aromatic heterocycles. The monoisotopic (exact) mass is 548 g/mol. The van der Waals surface area contributed by atoms with E-state index in [-0.39, 0.29) is 12.5 Å². The maximum atomic E-state index is 11.2. The lowest BCUT2D eigenvalue weighted by atomic mass is 9.94. The van der Waals surface area contributed by atoms with Crippen LogP contribution in [-0.2, 0) is 6.42 Å². The third-order valence-corrected chi connectivity index (χ3v) is 6.24. The van der Waals surface area contributed by atoms with Gasteiger partial charge in [0.05, 0.1) is 16.1 Å². The van der Waals surface area contributed by atoms with Gasteiger partial charge in [0.1, 0.15) is 17.6 Å². The molecular weight excluding hydrogens is 524 g/mol. The molecule has 1 atom stereocenters. The third-order valence-electron chi connectivity index (χ3n) is 5.06. The summed E-state index contributed by atoms with van der Waals surface area (Å²) in [5.74, 6) is 2.07. The first-order valence-corrected chi connectivity index (χ1v) is 11.7. The molecule has 3 rings (SSSR count). The maximum absolute atomic E-state index is 11.2. The average Bonchev–Trinajstić information content (AvgIpc) is 2.76. The van der Waals surface area contributed by atoms with Crippen LogP contribution in [0, 0.1) is 0 Å². The van der Waals surface area contributed by atoms with Crippen molar-refractivity contribution in [3.05, 3.63) is 85.8 Å². The molecule has 0 saturated carbocycles. The van der Waals surface area contributed by atoms with Gasteiger partial charge in [0.15, 0.2) is 5.75 Å². The van der Waals surface area contributed by atoms with E-state index < -0.39 is 6.10 Å². The highest BCUT2D eigenvalue weighted by molar-refractivity contribution is 9.11. The van der Waals surface area contributed by atoms with E-state index in [1.54, 1.807) is 7.11 Å². The summed E-state index contributed by atoms with van der Waals surface area (Å²) in [5.41, 5.74) is 3.36. The zero-order chi connectivity index (χ0) is 22.5. The Balaban J connectivity index is 2.13. The number of ether oxygens (including phenoxy) is 2. The van der Waals surface area contributed by atoms with Gasteiger partial charge in [-0.15, -0.1) is 0 Å². The van der Waals surface area contributed by atoms with E-state index in [1.807, 2.05) is 54.6 Å². The van der Waals surface area contributed by atoms with Gasteiger partial charge in [0.25, 0.3) is 0 Å². The quantitative estimate of drug-likeness (QED) is 0.326. The van der Waals surface area contributed by atoms with Crippen molar-refractivity contribution in [2.45, 2.75) is 32.3 Å².